The number of aromatic carboxylic acids is 1. The van der Waals surface area contributed by atoms with Gasteiger partial charge in [-0.15, -0.1) is 0 Å². The van der Waals surface area contributed by atoms with E-state index >= 15 is 0 Å². The van der Waals surface area contributed by atoms with Crippen LogP contribution in [-0.2, 0) is 0 Å². The molecular weight excluding hydrogens is 296 g/mol. The fourth-order valence-electron chi connectivity index (χ4n) is 2.37. The van der Waals surface area contributed by atoms with Crippen LogP contribution in [0, 0.1) is 0 Å². The molecule has 0 aromatic heterocycles. The Morgan fingerprint density at radius 1 is 1.19 bits per heavy atom. The number of halogens is 1. The van der Waals surface area contributed by atoms with Crippen molar-refractivity contribution in [3.8, 4) is 0 Å². The number of carboxylic acid groups (broad SMARTS) is 1. The molecule has 4 N–H and O–H groups in total. The molecule has 1 aliphatic rings. The number of urea groups is 1. The van der Waals surface area contributed by atoms with Crippen molar-refractivity contribution in [1.82, 2.24) is 5.32 Å². The number of carbonyl (C=O) groups excluding carboxylic acids is 1. The second-order valence-electron chi connectivity index (χ2n) is 5.10. The second-order valence-corrected chi connectivity index (χ2v) is 5.54. The van der Waals surface area contributed by atoms with Gasteiger partial charge in [0, 0.05) is 11.1 Å². The summed E-state index contributed by atoms with van der Waals surface area (Å²) in [5, 5.41) is 24.1. The minimum Gasteiger partial charge on any atom is -0.478 e. The smallest absolute Gasteiger partial charge is 0.337 e. The number of aliphatic hydroxyl groups is 1. The number of carboxylic acids is 1. The van der Waals surface area contributed by atoms with Crippen LogP contribution >= 0.6 is 11.6 Å². The third kappa shape index (κ3) is 4.34. The van der Waals surface area contributed by atoms with Crippen LogP contribution in [-0.4, -0.2) is 34.4 Å². The summed E-state index contributed by atoms with van der Waals surface area (Å²) >= 11 is 5.75. The van der Waals surface area contributed by atoms with E-state index in [1.54, 1.807) is 0 Å². The first-order chi connectivity index (χ1) is 9.95. The Hall–Kier alpha value is -1.79. The van der Waals surface area contributed by atoms with Crippen molar-refractivity contribution in [2.75, 3.05) is 5.32 Å². The summed E-state index contributed by atoms with van der Waals surface area (Å²) in [4.78, 5) is 23.0. The molecule has 1 aromatic rings. The topological polar surface area (TPSA) is 98.7 Å². The summed E-state index contributed by atoms with van der Waals surface area (Å²) in [5.74, 6) is -1.16. The Morgan fingerprint density at radius 3 is 2.48 bits per heavy atom. The lowest BCUT2D eigenvalue weighted by molar-refractivity contribution is 0.0698. The highest BCUT2D eigenvalue weighted by Gasteiger charge is 2.21. The highest BCUT2D eigenvalue weighted by molar-refractivity contribution is 6.31. The zero-order chi connectivity index (χ0) is 15.4. The summed E-state index contributed by atoms with van der Waals surface area (Å²) in [5.41, 5.74) is 0.136. The van der Waals surface area contributed by atoms with E-state index in [0.717, 1.165) is 0 Å². The summed E-state index contributed by atoms with van der Waals surface area (Å²) in [7, 11) is 0. The zero-order valence-electron chi connectivity index (χ0n) is 11.3. The molecule has 0 radical (unpaired) electrons. The van der Waals surface area contributed by atoms with Crippen molar-refractivity contribution in [1.29, 1.82) is 0 Å². The second kappa shape index (κ2) is 6.78. The van der Waals surface area contributed by atoms with E-state index in [1.807, 2.05) is 0 Å². The van der Waals surface area contributed by atoms with Gasteiger partial charge < -0.3 is 20.8 Å². The molecule has 2 amide bonds. The first kappa shape index (κ1) is 15.6. The lowest BCUT2D eigenvalue weighted by Gasteiger charge is -2.26. The van der Waals surface area contributed by atoms with Gasteiger partial charge in [-0.1, -0.05) is 11.6 Å². The fraction of sp³-hybridized carbons (Fsp3) is 0.429. The molecule has 0 heterocycles. The van der Waals surface area contributed by atoms with Crippen LogP contribution in [0.25, 0.3) is 0 Å². The largest absolute Gasteiger partial charge is 0.478 e. The number of amides is 2. The molecule has 21 heavy (non-hydrogen) atoms. The Labute approximate surface area is 127 Å². The zero-order valence-corrected chi connectivity index (χ0v) is 12.1. The maximum absolute atomic E-state index is 11.9. The summed E-state index contributed by atoms with van der Waals surface area (Å²) in [6.45, 7) is 0. The van der Waals surface area contributed by atoms with E-state index < -0.39 is 12.0 Å². The molecule has 2 rings (SSSR count). The lowest BCUT2D eigenvalue weighted by atomic mass is 9.93. The number of rotatable bonds is 3. The van der Waals surface area contributed by atoms with Crippen LogP contribution in [0.2, 0.25) is 5.02 Å². The van der Waals surface area contributed by atoms with Gasteiger partial charge in [-0.2, -0.15) is 0 Å². The molecule has 0 unspecified atom stereocenters. The third-order valence-electron chi connectivity index (χ3n) is 3.49. The average molecular weight is 313 g/mol. The Kier molecular flexibility index (Phi) is 5.03. The molecule has 1 saturated carbocycles. The van der Waals surface area contributed by atoms with Crippen LogP contribution in [0.3, 0.4) is 0 Å². The third-order valence-corrected chi connectivity index (χ3v) is 3.73. The molecule has 114 valence electrons. The Bertz CT molecular complexity index is 542. The van der Waals surface area contributed by atoms with E-state index in [2.05, 4.69) is 10.6 Å². The van der Waals surface area contributed by atoms with Crippen molar-refractivity contribution in [2.45, 2.75) is 37.8 Å². The normalized spacial score (nSPS) is 21.6. The lowest BCUT2D eigenvalue weighted by Crippen LogP contribution is -2.41. The van der Waals surface area contributed by atoms with Gasteiger partial charge >= 0.3 is 12.0 Å². The van der Waals surface area contributed by atoms with E-state index in [-0.39, 0.29) is 23.4 Å². The van der Waals surface area contributed by atoms with Gasteiger partial charge in [0.2, 0.25) is 0 Å². The predicted molar refractivity (Wildman–Crippen MR) is 78.8 cm³/mol. The SMILES string of the molecule is O=C(Nc1ccc(Cl)cc1C(=O)O)NC1CCC(O)CC1. The standard InChI is InChI=1S/C14H17ClN2O4/c15-8-1-6-12(11(7-8)13(19)20)17-14(21)16-9-2-4-10(18)5-3-9/h1,6-7,9-10,18H,2-5H2,(H,19,20)(H2,16,17,21). The van der Waals surface area contributed by atoms with E-state index in [0.29, 0.717) is 30.7 Å². The predicted octanol–water partition coefficient (Wildman–Crippen LogP) is 2.46. The number of benzene rings is 1. The van der Waals surface area contributed by atoms with E-state index in [1.165, 1.54) is 18.2 Å². The maximum atomic E-state index is 11.9. The Morgan fingerprint density at radius 2 is 1.86 bits per heavy atom. The Balaban J connectivity index is 1.98. The van der Waals surface area contributed by atoms with E-state index in [4.69, 9.17) is 16.7 Å². The number of anilines is 1. The maximum Gasteiger partial charge on any atom is 0.337 e. The summed E-state index contributed by atoms with van der Waals surface area (Å²) < 4.78 is 0. The molecule has 1 fully saturated rings. The number of hydrogen-bond donors (Lipinski definition) is 4. The number of aliphatic hydroxyl groups excluding tert-OH is 1. The van der Waals surface area contributed by atoms with Crippen molar-refractivity contribution >= 4 is 29.3 Å². The molecule has 0 atom stereocenters. The summed E-state index contributed by atoms with van der Waals surface area (Å²) in [6, 6.07) is 3.79. The molecule has 1 aliphatic carbocycles. The van der Waals surface area contributed by atoms with E-state index in [9.17, 15) is 14.7 Å². The van der Waals surface area contributed by atoms with Crippen molar-refractivity contribution in [3.63, 3.8) is 0 Å². The first-order valence-corrected chi connectivity index (χ1v) is 7.12. The average Bonchev–Trinajstić information content (AvgIpc) is 2.43. The quantitative estimate of drug-likeness (QED) is 0.689. The van der Waals surface area contributed by atoms with Crippen molar-refractivity contribution < 1.29 is 19.8 Å². The molecule has 0 bridgehead atoms. The van der Waals surface area contributed by atoms with Gasteiger partial charge in [-0.3, -0.25) is 0 Å². The van der Waals surface area contributed by atoms with Crippen LogP contribution < -0.4 is 10.6 Å². The van der Waals surface area contributed by atoms with Crippen LogP contribution in [0.5, 0.6) is 0 Å². The number of carbonyl (C=O) groups is 2. The monoisotopic (exact) mass is 312 g/mol. The molecule has 0 aliphatic heterocycles. The molecule has 7 heteroatoms. The van der Waals surface area contributed by atoms with Crippen molar-refractivity contribution in [2.24, 2.45) is 0 Å². The van der Waals surface area contributed by atoms with Gasteiger partial charge in [-0.25, -0.2) is 9.59 Å². The highest BCUT2D eigenvalue weighted by Crippen LogP contribution is 2.21. The molecule has 1 aromatic carbocycles. The van der Waals surface area contributed by atoms with Crippen LogP contribution in [0.15, 0.2) is 18.2 Å². The van der Waals surface area contributed by atoms with Crippen molar-refractivity contribution in [3.05, 3.63) is 28.8 Å². The summed E-state index contributed by atoms with van der Waals surface area (Å²) in [6.07, 6.45) is 2.45. The fourth-order valence-corrected chi connectivity index (χ4v) is 2.54. The number of nitrogens with one attached hydrogen (secondary N) is 2. The minimum atomic E-state index is -1.16. The molecule has 0 saturated heterocycles. The minimum absolute atomic E-state index is 0.00558. The van der Waals surface area contributed by atoms with Gasteiger partial charge in [0.1, 0.15) is 0 Å². The number of hydrogen-bond acceptors (Lipinski definition) is 3. The first-order valence-electron chi connectivity index (χ1n) is 6.74. The molecule has 6 nitrogen and oxygen atoms in total. The van der Waals surface area contributed by atoms with Gasteiger partial charge in [-0.05, 0) is 43.9 Å². The van der Waals surface area contributed by atoms with Crippen LogP contribution in [0.4, 0.5) is 10.5 Å². The molecule has 0 spiro atoms. The van der Waals surface area contributed by atoms with Gasteiger partial charge in [0.25, 0.3) is 0 Å². The highest BCUT2D eigenvalue weighted by atomic mass is 35.5. The van der Waals surface area contributed by atoms with Gasteiger partial charge in [0.05, 0.1) is 17.4 Å². The van der Waals surface area contributed by atoms with Gasteiger partial charge in [0.15, 0.2) is 0 Å². The molecular formula is C14H17ClN2O4. The van der Waals surface area contributed by atoms with Crippen LogP contribution in [0.1, 0.15) is 36.0 Å².